The van der Waals surface area contributed by atoms with E-state index >= 15 is 0 Å². The average Bonchev–Trinajstić information content (AvgIpc) is 3.21. The number of halogens is 1. The third-order valence-electron chi connectivity index (χ3n) is 4.37. The highest BCUT2D eigenvalue weighted by atomic mass is 35.5. The number of aryl methyl sites for hydroxylation is 1. The highest BCUT2D eigenvalue weighted by Crippen LogP contribution is 2.16. The molecule has 0 fully saturated rings. The van der Waals surface area contributed by atoms with Crippen LogP contribution in [0.5, 0.6) is 5.75 Å². The molecule has 1 aromatic heterocycles. The fraction of sp³-hybridized carbons (Fsp3) is 0.273. The fourth-order valence-corrected chi connectivity index (χ4v) is 3.50. The lowest BCUT2D eigenvalue weighted by Crippen LogP contribution is -2.24. The standard InChI is InChI=1S/C22H24ClN5O3S/c1-28-15-25-27-22(28)32-14-20(29)26-18-8-4-16(5-9-18)21(30)24-12-2-3-13-31-19-10-6-17(23)7-11-19/h4-11,15H,2-3,12-14H2,1H3,(H,24,30)(H,26,29). The second kappa shape index (κ2) is 12.1. The van der Waals surface area contributed by atoms with E-state index in [-0.39, 0.29) is 17.6 Å². The lowest BCUT2D eigenvalue weighted by atomic mass is 10.2. The molecule has 0 aliphatic heterocycles. The van der Waals surface area contributed by atoms with Crippen molar-refractivity contribution in [1.29, 1.82) is 0 Å². The first-order chi connectivity index (χ1) is 15.5. The SMILES string of the molecule is Cn1cnnc1SCC(=O)Nc1ccc(C(=O)NCCCCOc2ccc(Cl)cc2)cc1. The zero-order chi connectivity index (χ0) is 22.8. The number of rotatable bonds is 11. The molecule has 0 radical (unpaired) electrons. The molecule has 0 atom stereocenters. The van der Waals surface area contributed by atoms with E-state index in [1.54, 1.807) is 47.3 Å². The van der Waals surface area contributed by atoms with E-state index in [9.17, 15) is 9.59 Å². The predicted octanol–water partition coefficient (Wildman–Crippen LogP) is 3.79. The summed E-state index contributed by atoms with van der Waals surface area (Å²) in [5.41, 5.74) is 1.17. The Bertz CT molecular complexity index is 1020. The molecule has 2 amide bonds. The largest absolute Gasteiger partial charge is 0.494 e. The smallest absolute Gasteiger partial charge is 0.251 e. The molecule has 32 heavy (non-hydrogen) atoms. The predicted molar refractivity (Wildman–Crippen MR) is 125 cm³/mol. The number of carbonyl (C=O) groups is 2. The van der Waals surface area contributed by atoms with Crippen LogP contribution in [0, 0.1) is 0 Å². The summed E-state index contributed by atoms with van der Waals surface area (Å²) >= 11 is 7.14. The van der Waals surface area contributed by atoms with E-state index in [2.05, 4.69) is 20.8 Å². The first-order valence-electron chi connectivity index (χ1n) is 10.0. The van der Waals surface area contributed by atoms with Crippen molar-refractivity contribution in [2.24, 2.45) is 7.05 Å². The number of nitrogens with one attached hydrogen (secondary N) is 2. The van der Waals surface area contributed by atoms with Gasteiger partial charge in [0.05, 0.1) is 12.4 Å². The van der Waals surface area contributed by atoms with E-state index < -0.39 is 0 Å². The normalized spacial score (nSPS) is 10.6. The molecule has 0 unspecified atom stereocenters. The molecule has 8 nitrogen and oxygen atoms in total. The minimum Gasteiger partial charge on any atom is -0.494 e. The fourth-order valence-electron chi connectivity index (χ4n) is 2.69. The van der Waals surface area contributed by atoms with Gasteiger partial charge >= 0.3 is 0 Å². The zero-order valence-electron chi connectivity index (χ0n) is 17.6. The maximum atomic E-state index is 12.3. The number of carbonyl (C=O) groups excluding carboxylic acids is 2. The van der Waals surface area contributed by atoms with Crippen molar-refractivity contribution < 1.29 is 14.3 Å². The van der Waals surface area contributed by atoms with E-state index in [1.165, 1.54) is 11.8 Å². The maximum absolute atomic E-state index is 12.3. The number of ether oxygens (including phenoxy) is 1. The van der Waals surface area contributed by atoms with Gasteiger partial charge in [-0.2, -0.15) is 0 Å². The number of thioether (sulfide) groups is 1. The Morgan fingerprint density at radius 2 is 1.84 bits per heavy atom. The Balaban J connectivity index is 1.32. The number of nitrogens with zero attached hydrogens (tertiary/aromatic N) is 3. The van der Waals surface area contributed by atoms with Gasteiger partial charge in [-0.05, 0) is 61.4 Å². The molecule has 168 valence electrons. The molecule has 0 aliphatic rings. The average molecular weight is 474 g/mol. The van der Waals surface area contributed by atoms with Gasteiger partial charge in [0.1, 0.15) is 12.1 Å². The summed E-state index contributed by atoms with van der Waals surface area (Å²) in [6, 6.07) is 14.0. The summed E-state index contributed by atoms with van der Waals surface area (Å²) in [5, 5.41) is 14.7. The minimum atomic E-state index is -0.156. The number of anilines is 1. The van der Waals surface area contributed by atoms with Crippen LogP contribution in [0.1, 0.15) is 23.2 Å². The second-order valence-electron chi connectivity index (χ2n) is 6.90. The van der Waals surface area contributed by atoms with E-state index in [0.717, 1.165) is 18.6 Å². The number of benzene rings is 2. The third-order valence-corrected chi connectivity index (χ3v) is 5.66. The second-order valence-corrected chi connectivity index (χ2v) is 8.28. The molecule has 0 saturated heterocycles. The first-order valence-corrected chi connectivity index (χ1v) is 11.4. The van der Waals surface area contributed by atoms with Gasteiger partial charge in [-0.3, -0.25) is 9.59 Å². The van der Waals surface area contributed by atoms with Crippen LogP contribution in [0.4, 0.5) is 5.69 Å². The summed E-state index contributed by atoms with van der Waals surface area (Å²) < 4.78 is 7.37. The van der Waals surface area contributed by atoms with Crippen LogP contribution in [0.2, 0.25) is 5.02 Å². The lowest BCUT2D eigenvalue weighted by molar-refractivity contribution is -0.113. The van der Waals surface area contributed by atoms with Gasteiger partial charge in [0.15, 0.2) is 5.16 Å². The number of unbranched alkanes of at least 4 members (excludes halogenated alkanes) is 1. The molecule has 10 heteroatoms. The summed E-state index contributed by atoms with van der Waals surface area (Å²) in [4.78, 5) is 24.4. The number of aromatic nitrogens is 3. The van der Waals surface area contributed by atoms with Crippen LogP contribution in [0.25, 0.3) is 0 Å². The van der Waals surface area contributed by atoms with E-state index in [0.29, 0.717) is 34.6 Å². The Hall–Kier alpha value is -3.04. The molecule has 3 rings (SSSR count). The van der Waals surface area contributed by atoms with Crippen molar-refractivity contribution in [2.45, 2.75) is 18.0 Å². The Morgan fingerprint density at radius 3 is 2.53 bits per heavy atom. The Labute approximate surface area is 195 Å². The number of amides is 2. The van der Waals surface area contributed by atoms with Gasteiger partial charge in [0.25, 0.3) is 5.91 Å². The Kier molecular flexibility index (Phi) is 8.94. The van der Waals surface area contributed by atoms with Gasteiger partial charge in [-0.25, -0.2) is 0 Å². The van der Waals surface area contributed by atoms with Gasteiger partial charge in [0, 0.05) is 29.9 Å². The quantitative estimate of drug-likeness (QED) is 0.325. The van der Waals surface area contributed by atoms with E-state index in [1.807, 2.05) is 19.2 Å². The lowest BCUT2D eigenvalue weighted by Gasteiger charge is -2.08. The van der Waals surface area contributed by atoms with Crippen LogP contribution >= 0.6 is 23.4 Å². The molecule has 0 bridgehead atoms. The van der Waals surface area contributed by atoms with Crippen molar-refractivity contribution in [2.75, 3.05) is 24.2 Å². The van der Waals surface area contributed by atoms with Gasteiger partial charge in [-0.15, -0.1) is 10.2 Å². The molecular formula is C22H24ClN5O3S. The number of hydrogen-bond donors (Lipinski definition) is 2. The molecule has 0 saturated carbocycles. The highest BCUT2D eigenvalue weighted by molar-refractivity contribution is 7.99. The topological polar surface area (TPSA) is 98.1 Å². The van der Waals surface area contributed by atoms with Gasteiger partial charge < -0.3 is 19.9 Å². The van der Waals surface area contributed by atoms with Crippen LogP contribution in [-0.4, -0.2) is 45.5 Å². The van der Waals surface area contributed by atoms with Crippen molar-refractivity contribution in [3.05, 3.63) is 65.4 Å². The summed E-state index contributed by atoms with van der Waals surface area (Å²) in [7, 11) is 1.82. The first kappa shape index (κ1) is 23.6. The van der Waals surface area contributed by atoms with Gasteiger partial charge in [-0.1, -0.05) is 23.4 Å². The molecule has 0 spiro atoms. The van der Waals surface area contributed by atoms with Gasteiger partial charge in [0.2, 0.25) is 5.91 Å². The monoisotopic (exact) mass is 473 g/mol. The van der Waals surface area contributed by atoms with E-state index in [4.69, 9.17) is 16.3 Å². The van der Waals surface area contributed by atoms with Crippen molar-refractivity contribution >= 4 is 40.9 Å². The van der Waals surface area contributed by atoms with Crippen molar-refractivity contribution in [1.82, 2.24) is 20.1 Å². The highest BCUT2D eigenvalue weighted by Gasteiger charge is 2.09. The molecule has 3 aromatic rings. The van der Waals surface area contributed by atoms with Crippen LogP contribution < -0.4 is 15.4 Å². The molecule has 0 aliphatic carbocycles. The van der Waals surface area contributed by atoms with Crippen molar-refractivity contribution in [3.63, 3.8) is 0 Å². The van der Waals surface area contributed by atoms with Crippen LogP contribution in [0.3, 0.4) is 0 Å². The molecule has 2 N–H and O–H groups in total. The molecular weight excluding hydrogens is 450 g/mol. The summed E-state index contributed by atoms with van der Waals surface area (Å²) in [6.45, 7) is 1.13. The summed E-state index contributed by atoms with van der Waals surface area (Å²) in [5.74, 6) is 0.685. The zero-order valence-corrected chi connectivity index (χ0v) is 19.2. The van der Waals surface area contributed by atoms with Crippen LogP contribution in [0.15, 0.2) is 60.0 Å². The minimum absolute atomic E-state index is 0.153. The summed E-state index contributed by atoms with van der Waals surface area (Å²) in [6.07, 6.45) is 3.20. The van der Waals surface area contributed by atoms with Crippen LogP contribution in [-0.2, 0) is 11.8 Å². The molecule has 1 heterocycles. The molecule has 2 aromatic carbocycles. The van der Waals surface area contributed by atoms with Crippen molar-refractivity contribution in [3.8, 4) is 5.75 Å². The Morgan fingerprint density at radius 1 is 1.09 bits per heavy atom. The maximum Gasteiger partial charge on any atom is 0.251 e. The third kappa shape index (κ3) is 7.58. The number of hydrogen-bond acceptors (Lipinski definition) is 6.